The summed E-state index contributed by atoms with van der Waals surface area (Å²) in [5.74, 6) is -0.148. The molecule has 0 saturated carbocycles. The standard InChI is InChI=1S/C19H17ClF3NO4/c1-2-26-15-6-4-3-5-13(15)18-24(17(25)11-27-18)10-12-7-8-16(14(20)9-12)28-19(21,22)23/h3-9,18H,2,10-11H2,1H3. The Hall–Kier alpha value is -2.45. The lowest BCUT2D eigenvalue weighted by molar-refractivity contribution is -0.274. The van der Waals surface area contributed by atoms with E-state index in [-0.39, 0.29) is 24.1 Å². The Morgan fingerprint density at radius 3 is 2.64 bits per heavy atom. The number of hydrogen-bond donors (Lipinski definition) is 0. The van der Waals surface area contributed by atoms with Gasteiger partial charge in [0.25, 0.3) is 5.91 Å². The third-order valence-corrected chi connectivity index (χ3v) is 4.32. The average molecular weight is 416 g/mol. The molecule has 1 unspecified atom stereocenters. The van der Waals surface area contributed by atoms with Gasteiger partial charge in [-0.05, 0) is 30.7 Å². The molecule has 0 aliphatic carbocycles. The fourth-order valence-corrected chi connectivity index (χ4v) is 3.14. The average Bonchev–Trinajstić information content (AvgIpc) is 2.98. The zero-order chi connectivity index (χ0) is 20.3. The van der Waals surface area contributed by atoms with Gasteiger partial charge in [-0.1, -0.05) is 35.9 Å². The number of carbonyl (C=O) groups excluding carboxylic acids is 1. The first-order valence-corrected chi connectivity index (χ1v) is 8.83. The smallest absolute Gasteiger partial charge is 0.493 e. The van der Waals surface area contributed by atoms with E-state index in [1.807, 2.05) is 19.1 Å². The van der Waals surface area contributed by atoms with Crippen molar-refractivity contribution in [2.24, 2.45) is 0 Å². The van der Waals surface area contributed by atoms with Crippen molar-refractivity contribution in [1.82, 2.24) is 4.90 Å². The molecule has 1 aliphatic rings. The molecule has 0 spiro atoms. The quantitative estimate of drug-likeness (QED) is 0.686. The van der Waals surface area contributed by atoms with Crippen molar-refractivity contribution in [3.05, 3.63) is 58.6 Å². The van der Waals surface area contributed by atoms with Gasteiger partial charge >= 0.3 is 6.36 Å². The van der Waals surface area contributed by atoms with Crippen LogP contribution in [0.4, 0.5) is 13.2 Å². The van der Waals surface area contributed by atoms with E-state index in [2.05, 4.69) is 4.74 Å². The first-order chi connectivity index (χ1) is 13.3. The summed E-state index contributed by atoms with van der Waals surface area (Å²) in [5, 5.41) is -0.200. The van der Waals surface area contributed by atoms with E-state index in [1.165, 1.54) is 17.0 Å². The molecule has 1 aliphatic heterocycles. The molecular formula is C19H17ClF3NO4. The molecule has 0 aromatic heterocycles. The lowest BCUT2D eigenvalue weighted by atomic mass is 10.1. The van der Waals surface area contributed by atoms with E-state index >= 15 is 0 Å². The predicted octanol–water partition coefficient (Wildman–Crippen LogP) is 4.69. The van der Waals surface area contributed by atoms with Gasteiger partial charge in [-0.25, -0.2) is 0 Å². The highest BCUT2D eigenvalue weighted by Crippen LogP contribution is 2.36. The number of amides is 1. The molecular weight excluding hydrogens is 399 g/mol. The Morgan fingerprint density at radius 1 is 1.21 bits per heavy atom. The Balaban J connectivity index is 1.82. The van der Waals surface area contributed by atoms with Gasteiger partial charge in [0.15, 0.2) is 6.23 Å². The number of halogens is 4. The van der Waals surface area contributed by atoms with Gasteiger partial charge in [0.05, 0.1) is 11.6 Å². The van der Waals surface area contributed by atoms with E-state index in [1.54, 1.807) is 12.1 Å². The maximum Gasteiger partial charge on any atom is 0.573 e. The maximum absolute atomic E-state index is 12.4. The zero-order valence-corrected chi connectivity index (χ0v) is 15.6. The van der Waals surface area contributed by atoms with Crippen LogP contribution in [0.2, 0.25) is 5.02 Å². The summed E-state index contributed by atoms with van der Waals surface area (Å²) < 4.78 is 52.2. The van der Waals surface area contributed by atoms with Crippen molar-refractivity contribution >= 4 is 17.5 Å². The second kappa shape index (κ2) is 8.28. The molecule has 3 rings (SSSR count). The van der Waals surface area contributed by atoms with Crippen LogP contribution in [0, 0.1) is 0 Å². The summed E-state index contributed by atoms with van der Waals surface area (Å²) in [6, 6.07) is 11.1. The molecule has 0 radical (unpaired) electrons. The van der Waals surface area contributed by atoms with E-state index in [0.717, 1.165) is 6.07 Å². The van der Waals surface area contributed by atoms with Crippen LogP contribution in [0.15, 0.2) is 42.5 Å². The van der Waals surface area contributed by atoms with Gasteiger partial charge < -0.3 is 19.1 Å². The fraction of sp³-hybridized carbons (Fsp3) is 0.316. The van der Waals surface area contributed by atoms with Crippen LogP contribution < -0.4 is 9.47 Å². The number of carbonyl (C=O) groups is 1. The van der Waals surface area contributed by atoms with Gasteiger partial charge in [-0.15, -0.1) is 13.2 Å². The predicted molar refractivity (Wildman–Crippen MR) is 95.0 cm³/mol. The van der Waals surface area contributed by atoms with E-state index < -0.39 is 18.3 Å². The Labute approximate surface area is 164 Å². The third kappa shape index (κ3) is 4.69. The minimum Gasteiger partial charge on any atom is -0.493 e. The van der Waals surface area contributed by atoms with Crippen LogP contribution in [0.5, 0.6) is 11.5 Å². The lowest BCUT2D eigenvalue weighted by Crippen LogP contribution is -2.28. The van der Waals surface area contributed by atoms with Crippen molar-refractivity contribution < 1.29 is 32.2 Å². The second-order valence-corrected chi connectivity index (χ2v) is 6.38. The molecule has 0 N–H and O–H groups in total. The molecule has 1 saturated heterocycles. The minimum atomic E-state index is -4.84. The largest absolute Gasteiger partial charge is 0.573 e. The van der Waals surface area contributed by atoms with Crippen LogP contribution in [0.25, 0.3) is 0 Å². The number of alkyl halides is 3. The van der Waals surface area contributed by atoms with Crippen LogP contribution in [0.3, 0.4) is 0 Å². The summed E-state index contributed by atoms with van der Waals surface area (Å²) in [5.41, 5.74) is 1.23. The van der Waals surface area contributed by atoms with Crippen molar-refractivity contribution in [3.8, 4) is 11.5 Å². The summed E-state index contributed by atoms with van der Waals surface area (Å²) in [4.78, 5) is 13.8. The Kier molecular flexibility index (Phi) is 6.00. The van der Waals surface area contributed by atoms with Crippen molar-refractivity contribution in [1.29, 1.82) is 0 Å². The highest BCUT2D eigenvalue weighted by molar-refractivity contribution is 6.32. The van der Waals surface area contributed by atoms with E-state index in [9.17, 15) is 18.0 Å². The third-order valence-electron chi connectivity index (χ3n) is 4.03. The maximum atomic E-state index is 12.4. The normalized spacial score (nSPS) is 17.1. The molecule has 1 atom stereocenters. The molecule has 2 aromatic rings. The molecule has 1 amide bonds. The van der Waals surface area contributed by atoms with Gasteiger partial charge in [0.1, 0.15) is 18.1 Å². The molecule has 28 heavy (non-hydrogen) atoms. The molecule has 9 heteroatoms. The molecule has 5 nitrogen and oxygen atoms in total. The monoisotopic (exact) mass is 415 g/mol. The van der Waals surface area contributed by atoms with Gasteiger partial charge in [0.2, 0.25) is 0 Å². The summed E-state index contributed by atoms with van der Waals surface area (Å²) >= 11 is 5.90. The van der Waals surface area contributed by atoms with Crippen LogP contribution >= 0.6 is 11.6 Å². The summed E-state index contributed by atoms with van der Waals surface area (Å²) in [6.07, 6.45) is -5.50. The fourth-order valence-electron chi connectivity index (χ4n) is 2.90. The Morgan fingerprint density at radius 2 is 1.96 bits per heavy atom. The SMILES string of the molecule is CCOc1ccccc1C1OCC(=O)N1Cc1ccc(OC(F)(F)F)c(Cl)c1. The minimum absolute atomic E-state index is 0.103. The van der Waals surface area contributed by atoms with Crippen LogP contribution in [-0.2, 0) is 16.1 Å². The zero-order valence-electron chi connectivity index (χ0n) is 14.8. The van der Waals surface area contributed by atoms with E-state index in [4.69, 9.17) is 21.1 Å². The van der Waals surface area contributed by atoms with Crippen LogP contribution in [0.1, 0.15) is 24.3 Å². The highest BCUT2D eigenvalue weighted by atomic mass is 35.5. The topological polar surface area (TPSA) is 48.0 Å². The first-order valence-electron chi connectivity index (χ1n) is 8.45. The number of nitrogens with zero attached hydrogens (tertiary/aromatic N) is 1. The lowest BCUT2D eigenvalue weighted by Gasteiger charge is -2.25. The molecule has 1 heterocycles. The molecule has 150 valence electrons. The number of hydrogen-bond acceptors (Lipinski definition) is 4. The second-order valence-electron chi connectivity index (χ2n) is 5.97. The van der Waals surface area contributed by atoms with Crippen molar-refractivity contribution in [2.75, 3.05) is 13.2 Å². The van der Waals surface area contributed by atoms with Gasteiger partial charge in [-0.3, -0.25) is 4.79 Å². The summed E-state index contributed by atoms with van der Waals surface area (Å²) in [6.45, 7) is 2.31. The van der Waals surface area contributed by atoms with Gasteiger partial charge in [0, 0.05) is 12.1 Å². The first kappa shape index (κ1) is 20.3. The van der Waals surface area contributed by atoms with Gasteiger partial charge in [-0.2, -0.15) is 0 Å². The summed E-state index contributed by atoms with van der Waals surface area (Å²) in [7, 11) is 0. The van der Waals surface area contributed by atoms with Crippen molar-refractivity contribution in [3.63, 3.8) is 0 Å². The Bertz CT molecular complexity index is 859. The highest BCUT2D eigenvalue weighted by Gasteiger charge is 2.35. The number of ether oxygens (including phenoxy) is 3. The van der Waals surface area contributed by atoms with Crippen molar-refractivity contribution in [2.45, 2.75) is 26.1 Å². The number of benzene rings is 2. The molecule has 2 aromatic carbocycles. The molecule has 0 bridgehead atoms. The number of para-hydroxylation sites is 1. The van der Waals surface area contributed by atoms with E-state index in [0.29, 0.717) is 23.5 Å². The number of rotatable bonds is 6. The van der Waals surface area contributed by atoms with Crippen LogP contribution in [-0.4, -0.2) is 30.4 Å². The molecule has 1 fully saturated rings.